The molecule has 0 aliphatic heterocycles. The highest BCUT2D eigenvalue weighted by Gasteiger charge is 2.05. The molecule has 2 rings (SSSR count). The lowest BCUT2D eigenvalue weighted by atomic mass is 10.0. The predicted octanol–water partition coefficient (Wildman–Crippen LogP) is 3.49. The summed E-state index contributed by atoms with van der Waals surface area (Å²) in [6.07, 6.45) is 4.77. The Kier molecular flexibility index (Phi) is 4.48. The average Bonchev–Trinajstić information content (AvgIpc) is 2.46. The van der Waals surface area contributed by atoms with Crippen molar-refractivity contribution in [2.24, 2.45) is 0 Å². The van der Waals surface area contributed by atoms with Crippen LogP contribution in [0, 0.1) is 0 Å². The van der Waals surface area contributed by atoms with E-state index in [1.54, 1.807) is 0 Å². The number of hydrogen-bond donors (Lipinski definition) is 1. The Morgan fingerprint density at radius 2 is 1.72 bits per heavy atom. The van der Waals surface area contributed by atoms with Crippen molar-refractivity contribution in [1.29, 1.82) is 0 Å². The number of aryl methyl sites for hydroxylation is 1. The van der Waals surface area contributed by atoms with Gasteiger partial charge in [-0.15, -0.1) is 0 Å². The third-order valence-electron chi connectivity index (χ3n) is 3.30. The second-order valence-corrected chi connectivity index (χ2v) is 4.51. The van der Waals surface area contributed by atoms with Gasteiger partial charge in [-0.25, -0.2) is 0 Å². The molecule has 1 aromatic heterocycles. The van der Waals surface area contributed by atoms with Gasteiger partial charge in [0.25, 0.3) is 0 Å². The van der Waals surface area contributed by atoms with Gasteiger partial charge in [0.1, 0.15) is 0 Å². The largest absolute Gasteiger partial charge is 0.306 e. The Morgan fingerprint density at radius 1 is 1.06 bits per heavy atom. The van der Waals surface area contributed by atoms with E-state index in [0.717, 1.165) is 13.0 Å². The van der Waals surface area contributed by atoms with Gasteiger partial charge in [0, 0.05) is 25.0 Å². The molecule has 1 aromatic carbocycles. The molecule has 94 valence electrons. The molecule has 0 fully saturated rings. The average molecular weight is 240 g/mol. The second kappa shape index (κ2) is 6.31. The van der Waals surface area contributed by atoms with Crippen molar-refractivity contribution in [1.82, 2.24) is 10.3 Å². The summed E-state index contributed by atoms with van der Waals surface area (Å²) in [5.41, 5.74) is 4.09. The zero-order chi connectivity index (χ0) is 12.8. The molecule has 0 aliphatic rings. The lowest BCUT2D eigenvalue weighted by Crippen LogP contribution is -2.18. The molecule has 0 saturated carbocycles. The monoisotopic (exact) mass is 240 g/mol. The van der Waals surface area contributed by atoms with Crippen molar-refractivity contribution in [2.45, 2.75) is 32.9 Å². The highest BCUT2D eigenvalue weighted by molar-refractivity contribution is 5.27. The summed E-state index contributed by atoms with van der Waals surface area (Å²) >= 11 is 0. The quantitative estimate of drug-likeness (QED) is 0.865. The lowest BCUT2D eigenvalue weighted by molar-refractivity contribution is 0.572. The van der Waals surface area contributed by atoms with E-state index in [2.05, 4.69) is 60.5 Å². The molecule has 0 saturated heterocycles. The van der Waals surface area contributed by atoms with Crippen molar-refractivity contribution >= 4 is 0 Å². The SMILES string of the molecule is CCc1ccccc1CN[C@@H](C)c1ccncc1. The predicted molar refractivity (Wildman–Crippen MR) is 75.3 cm³/mol. The second-order valence-electron chi connectivity index (χ2n) is 4.51. The number of rotatable bonds is 5. The first-order valence-electron chi connectivity index (χ1n) is 6.51. The van der Waals surface area contributed by atoms with Crippen molar-refractivity contribution in [3.8, 4) is 0 Å². The molecule has 1 N–H and O–H groups in total. The fraction of sp³-hybridized carbons (Fsp3) is 0.312. The first-order valence-corrected chi connectivity index (χ1v) is 6.51. The van der Waals surface area contributed by atoms with Crippen LogP contribution in [0.4, 0.5) is 0 Å². The fourth-order valence-corrected chi connectivity index (χ4v) is 2.11. The van der Waals surface area contributed by atoms with Gasteiger partial charge in [0.2, 0.25) is 0 Å². The Bertz CT molecular complexity index is 479. The molecule has 0 spiro atoms. The van der Waals surface area contributed by atoms with E-state index in [-0.39, 0.29) is 0 Å². The summed E-state index contributed by atoms with van der Waals surface area (Å²) in [7, 11) is 0. The van der Waals surface area contributed by atoms with Crippen molar-refractivity contribution in [3.05, 3.63) is 65.5 Å². The summed E-state index contributed by atoms with van der Waals surface area (Å²) in [5, 5.41) is 3.56. The van der Waals surface area contributed by atoms with E-state index in [1.807, 2.05) is 12.4 Å². The van der Waals surface area contributed by atoms with E-state index >= 15 is 0 Å². The van der Waals surface area contributed by atoms with E-state index in [4.69, 9.17) is 0 Å². The molecule has 18 heavy (non-hydrogen) atoms. The van der Waals surface area contributed by atoms with Crippen LogP contribution in [0.5, 0.6) is 0 Å². The van der Waals surface area contributed by atoms with Crippen LogP contribution in [0.2, 0.25) is 0 Å². The maximum Gasteiger partial charge on any atom is 0.0296 e. The number of hydrogen-bond acceptors (Lipinski definition) is 2. The van der Waals surface area contributed by atoms with Crippen LogP contribution in [-0.4, -0.2) is 4.98 Å². The molecular formula is C16H20N2. The van der Waals surface area contributed by atoms with Crippen LogP contribution in [0.25, 0.3) is 0 Å². The molecule has 1 heterocycles. The molecule has 0 radical (unpaired) electrons. The van der Waals surface area contributed by atoms with Crippen LogP contribution in [0.1, 0.15) is 36.6 Å². The van der Waals surface area contributed by atoms with Crippen LogP contribution in [0.15, 0.2) is 48.8 Å². The summed E-state index contributed by atoms with van der Waals surface area (Å²) in [5.74, 6) is 0. The third-order valence-corrected chi connectivity index (χ3v) is 3.30. The minimum absolute atomic E-state index is 0.345. The van der Waals surface area contributed by atoms with Gasteiger partial charge in [0.15, 0.2) is 0 Å². The Morgan fingerprint density at radius 3 is 2.39 bits per heavy atom. The topological polar surface area (TPSA) is 24.9 Å². The van der Waals surface area contributed by atoms with E-state index < -0.39 is 0 Å². The summed E-state index contributed by atoms with van der Waals surface area (Å²) < 4.78 is 0. The number of aromatic nitrogens is 1. The molecule has 2 heteroatoms. The first-order chi connectivity index (χ1) is 8.81. The van der Waals surface area contributed by atoms with E-state index in [0.29, 0.717) is 6.04 Å². The maximum atomic E-state index is 4.05. The molecule has 0 aliphatic carbocycles. The molecule has 0 bridgehead atoms. The van der Waals surface area contributed by atoms with Crippen LogP contribution < -0.4 is 5.32 Å². The van der Waals surface area contributed by atoms with E-state index in [9.17, 15) is 0 Å². The smallest absolute Gasteiger partial charge is 0.0296 e. The number of benzene rings is 1. The first kappa shape index (κ1) is 12.8. The zero-order valence-electron chi connectivity index (χ0n) is 11.1. The maximum absolute atomic E-state index is 4.05. The summed E-state index contributed by atoms with van der Waals surface area (Å²) in [6, 6.07) is 13.1. The van der Waals surface area contributed by atoms with Gasteiger partial charge in [-0.1, -0.05) is 31.2 Å². The molecular weight excluding hydrogens is 220 g/mol. The zero-order valence-corrected chi connectivity index (χ0v) is 11.1. The summed E-state index contributed by atoms with van der Waals surface area (Å²) in [6.45, 7) is 5.29. The van der Waals surface area contributed by atoms with Gasteiger partial charge in [-0.05, 0) is 42.2 Å². The van der Waals surface area contributed by atoms with Crippen molar-refractivity contribution in [2.75, 3.05) is 0 Å². The Balaban J connectivity index is 1.99. The van der Waals surface area contributed by atoms with E-state index in [1.165, 1.54) is 16.7 Å². The lowest BCUT2D eigenvalue weighted by Gasteiger charge is -2.15. The molecule has 2 aromatic rings. The third kappa shape index (κ3) is 3.17. The van der Waals surface area contributed by atoms with Crippen molar-refractivity contribution in [3.63, 3.8) is 0 Å². The van der Waals surface area contributed by atoms with Crippen LogP contribution in [0.3, 0.4) is 0 Å². The minimum atomic E-state index is 0.345. The Labute approximate surface area is 109 Å². The molecule has 1 atom stereocenters. The van der Waals surface area contributed by atoms with Crippen molar-refractivity contribution < 1.29 is 0 Å². The highest BCUT2D eigenvalue weighted by atomic mass is 14.9. The number of pyridine rings is 1. The van der Waals surface area contributed by atoms with Crippen LogP contribution >= 0.6 is 0 Å². The standard InChI is InChI=1S/C16H20N2/c1-3-14-6-4-5-7-16(14)12-18-13(2)15-8-10-17-11-9-15/h4-11,13,18H,3,12H2,1-2H3/t13-/m0/s1. The fourth-order valence-electron chi connectivity index (χ4n) is 2.11. The van der Waals surface area contributed by atoms with Gasteiger partial charge in [0.05, 0.1) is 0 Å². The number of nitrogens with zero attached hydrogens (tertiary/aromatic N) is 1. The van der Waals surface area contributed by atoms with Gasteiger partial charge in [-0.2, -0.15) is 0 Å². The minimum Gasteiger partial charge on any atom is -0.306 e. The molecule has 2 nitrogen and oxygen atoms in total. The van der Waals surface area contributed by atoms with Gasteiger partial charge >= 0.3 is 0 Å². The van der Waals surface area contributed by atoms with Crippen LogP contribution in [-0.2, 0) is 13.0 Å². The summed E-state index contributed by atoms with van der Waals surface area (Å²) in [4.78, 5) is 4.05. The van der Waals surface area contributed by atoms with Gasteiger partial charge in [-0.3, -0.25) is 4.98 Å². The van der Waals surface area contributed by atoms with Gasteiger partial charge < -0.3 is 5.32 Å². The normalized spacial score (nSPS) is 12.3. The molecule has 0 unspecified atom stereocenters. The Hall–Kier alpha value is -1.67. The molecule has 0 amide bonds. The number of nitrogens with one attached hydrogen (secondary N) is 1. The highest BCUT2D eigenvalue weighted by Crippen LogP contribution is 2.14.